The summed E-state index contributed by atoms with van der Waals surface area (Å²) in [5.41, 5.74) is 0.830. The predicted octanol–water partition coefficient (Wildman–Crippen LogP) is 5.44. The van der Waals surface area contributed by atoms with Crippen LogP contribution in [-0.4, -0.2) is 34.3 Å². The standard InChI is InChI=1S/C22H18Cl2N2O4S/c23-14-11-18(24)21(22(28)29)19(12-14)26-20(27)13-31-17-6-4-16(5-7-17)30-10-8-15-3-1-2-9-25-15/h1-7,9,11-12H,8,10,13H2,(H,26,27)(H,28,29). The Morgan fingerprint density at radius 1 is 1.10 bits per heavy atom. The molecule has 1 heterocycles. The Kier molecular flexibility index (Phi) is 8.17. The lowest BCUT2D eigenvalue weighted by Gasteiger charge is -2.11. The van der Waals surface area contributed by atoms with E-state index in [1.54, 1.807) is 6.20 Å². The van der Waals surface area contributed by atoms with E-state index in [2.05, 4.69) is 10.3 Å². The number of benzene rings is 2. The van der Waals surface area contributed by atoms with Crippen molar-refractivity contribution in [2.75, 3.05) is 17.7 Å². The van der Waals surface area contributed by atoms with Gasteiger partial charge < -0.3 is 15.2 Å². The minimum Gasteiger partial charge on any atom is -0.493 e. The Labute approximate surface area is 193 Å². The van der Waals surface area contributed by atoms with Gasteiger partial charge in [-0.1, -0.05) is 29.3 Å². The molecule has 0 aliphatic carbocycles. The number of hydrogen-bond donors (Lipinski definition) is 2. The minimum atomic E-state index is -1.25. The number of carbonyl (C=O) groups excluding carboxylic acids is 1. The molecule has 9 heteroatoms. The van der Waals surface area contributed by atoms with Crippen molar-refractivity contribution in [3.63, 3.8) is 0 Å². The lowest BCUT2D eigenvalue weighted by molar-refractivity contribution is -0.113. The molecule has 3 rings (SSSR count). The van der Waals surface area contributed by atoms with Crippen LogP contribution in [0.5, 0.6) is 5.75 Å². The van der Waals surface area contributed by atoms with E-state index in [1.165, 1.54) is 23.9 Å². The van der Waals surface area contributed by atoms with Gasteiger partial charge in [-0.2, -0.15) is 0 Å². The zero-order valence-electron chi connectivity index (χ0n) is 16.2. The Balaban J connectivity index is 1.50. The zero-order valence-corrected chi connectivity index (χ0v) is 18.5. The molecule has 2 N–H and O–H groups in total. The van der Waals surface area contributed by atoms with Crippen LogP contribution in [0, 0.1) is 0 Å². The quantitative estimate of drug-likeness (QED) is 0.399. The van der Waals surface area contributed by atoms with E-state index < -0.39 is 5.97 Å². The van der Waals surface area contributed by atoms with Crippen LogP contribution >= 0.6 is 35.0 Å². The van der Waals surface area contributed by atoms with Crippen LogP contribution in [-0.2, 0) is 11.2 Å². The number of aromatic carboxylic acids is 1. The number of amides is 1. The first kappa shape index (κ1) is 22.9. The zero-order chi connectivity index (χ0) is 22.2. The van der Waals surface area contributed by atoms with Crippen LogP contribution in [0.4, 0.5) is 5.69 Å². The molecule has 1 amide bonds. The van der Waals surface area contributed by atoms with Gasteiger partial charge in [-0.15, -0.1) is 11.8 Å². The van der Waals surface area contributed by atoms with Crippen molar-refractivity contribution >= 4 is 52.5 Å². The van der Waals surface area contributed by atoms with Crippen molar-refractivity contribution in [1.82, 2.24) is 4.98 Å². The molecule has 1 aromatic heterocycles. The Morgan fingerprint density at radius 2 is 1.87 bits per heavy atom. The maximum absolute atomic E-state index is 12.3. The second kappa shape index (κ2) is 11.0. The molecule has 0 unspecified atom stereocenters. The average molecular weight is 477 g/mol. The van der Waals surface area contributed by atoms with E-state index in [9.17, 15) is 14.7 Å². The third-order valence-corrected chi connectivity index (χ3v) is 5.62. The van der Waals surface area contributed by atoms with Crippen LogP contribution in [0.3, 0.4) is 0 Å². The van der Waals surface area contributed by atoms with Gasteiger partial charge in [0.1, 0.15) is 11.3 Å². The van der Waals surface area contributed by atoms with Gasteiger partial charge in [0.15, 0.2) is 0 Å². The minimum absolute atomic E-state index is 0.0402. The number of pyridine rings is 1. The number of ether oxygens (including phenoxy) is 1. The van der Waals surface area contributed by atoms with Crippen molar-refractivity contribution in [3.05, 3.63) is 82.1 Å². The predicted molar refractivity (Wildman–Crippen MR) is 123 cm³/mol. The third-order valence-electron chi connectivity index (χ3n) is 4.09. The van der Waals surface area contributed by atoms with Gasteiger partial charge in [-0.3, -0.25) is 9.78 Å². The lowest BCUT2D eigenvalue weighted by Crippen LogP contribution is -2.17. The van der Waals surface area contributed by atoms with Gasteiger partial charge in [0.2, 0.25) is 5.91 Å². The number of carbonyl (C=O) groups is 2. The van der Waals surface area contributed by atoms with Crippen molar-refractivity contribution in [2.24, 2.45) is 0 Å². The van der Waals surface area contributed by atoms with Gasteiger partial charge in [-0.05, 0) is 48.5 Å². The Morgan fingerprint density at radius 3 is 2.55 bits per heavy atom. The number of rotatable bonds is 9. The molecule has 0 bridgehead atoms. The molecule has 0 saturated carbocycles. The number of hydrogen-bond acceptors (Lipinski definition) is 5. The molecule has 0 aliphatic heterocycles. The topological polar surface area (TPSA) is 88.5 Å². The molecule has 0 saturated heterocycles. The molecule has 2 aromatic carbocycles. The highest BCUT2D eigenvalue weighted by atomic mass is 35.5. The van der Waals surface area contributed by atoms with Crippen LogP contribution in [0.2, 0.25) is 10.0 Å². The maximum Gasteiger partial charge on any atom is 0.339 e. The molecule has 3 aromatic rings. The van der Waals surface area contributed by atoms with E-state index in [-0.39, 0.29) is 33.0 Å². The summed E-state index contributed by atoms with van der Waals surface area (Å²) in [4.78, 5) is 28.8. The van der Waals surface area contributed by atoms with Crippen molar-refractivity contribution in [2.45, 2.75) is 11.3 Å². The summed E-state index contributed by atoms with van der Waals surface area (Å²) < 4.78 is 5.72. The average Bonchev–Trinajstić information content (AvgIpc) is 2.73. The van der Waals surface area contributed by atoms with Gasteiger partial charge in [-0.25, -0.2) is 4.79 Å². The maximum atomic E-state index is 12.3. The van der Waals surface area contributed by atoms with Crippen LogP contribution in [0.1, 0.15) is 16.1 Å². The Hall–Kier alpha value is -2.74. The highest BCUT2D eigenvalue weighted by molar-refractivity contribution is 8.00. The number of halogens is 2. The highest BCUT2D eigenvalue weighted by Gasteiger charge is 2.18. The molecule has 6 nitrogen and oxygen atoms in total. The summed E-state index contributed by atoms with van der Waals surface area (Å²) in [5, 5.41) is 12.1. The normalized spacial score (nSPS) is 10.5. The van der Waals surface area contributed by atoms with E-state index >= 15 is 0 Å². The fourth-order valence-electron chi connectivity index (χ4n) is 2.68. The van der Waals surface area contributed by atoms with Crippen molar-refractivity contribution < 1.29 is 19.4 Å². The molecule has 0 fully saturated rings. The van der Waals surface area contributed by atoms with Crippen LogP contribution in [0.15, 0.2) is 65.7 Å². The summed E-state index contributed by atoms with van der Waals surface area (Å²) in [6, 6.07) is 15.8. The second-order valence-electron chi connectivity index (χ2n) is 6.34. The summed E-state index contributed by atoms with van der Waals surface area (Å²) in [7, 11) is 0. The molecule has 31 heavy (non-hydrogen) atoms. The number of thioether (sulfide) groups is 1. The smallest absolute Gasteiger partial charge is 0.339 e. The fraction of sp³-hybridized carbons (Fsp3) is 0.136. The molecule has 160 valence electrons. The van der Waals surface area contributed by atoms with Crippen LogP contribution < -0.4 is 10.1 Å². The number of aromatic nitrogens is 1. The monoisotopic (exact) mass is 476 g/mol. The molecule has 0 spiro atoms. The van der Waals surface area contributed by atoms with E-state index in [4.69, 9.17) is 27.9 Å². The number of carboxylic acid groups (broad SMARTS) is 1. The first-order valence-electron chi connectivity index (χ1n) is 9.20. The summed E-state index contributed by atoms with van der Waals surface area (Å²) in [5.74, 6) is -0.808. The second-order valence-corrected chi connectivity index (χ2v) is 8.24. The van der Waals surface area contributed by atoms with E-state index in [1.807, 2.05) is 42.5 Å². The van der Waals surface area contributed by atoms with Crippen molar-refractivity contribution in [1.29, 1.82) is 0 Å². The van der Waals surface area contributed by atoms with Crippen molar-refractivity contribution in [3.8, 4) is 5.75 Å². The number of anilines is 1. The SMILES string of the molecule is O=C(CSc1ccc(OCCc2ccccn2)cc1)Nc1cc(Cl)cc(Cl)c1C(=O)O. The number of carboxylic acids is 1. The number of nitrogens with one attached hydrogen (secondary N) is 1. The molecule has 0 aliphatic rings. The van der Waals surface area contributed by atoms with Gasteiger partial charge in [0.05, 0.1) is 23.1 Å². The summed E-state index contributed by atoms with van der Waals surface area (Å²) >= 11 is 13.2. The first-order valence-corrected chi connectivity index (χ1v) is 10.9. The molecular weight excluding hydrogens is 459 g/mol. The third kappa shape index (κ3) is 6.89. The summed E-state index contributed by atoms with van der Waals surface area (Å²) in [6.07, 6.45) is 2.46. The number of nitrogens with zero attached hydrogens (tertiary/aromatic N) is 1. The van der Waals surface area contributed by atoms with E-state index in [0.29, 0.717) is 13.0 Å². The van der Waals surface area contributed by atoms with E-state index in [0.717, 1.165) is 16.3 Å². The van der Waals surface area contributed by atoms with Gasteiger partial charge in [0.25, 0.3) is 0 Å². The Bertz CT molecular complexity index is 1060. The molecule has 0 atom stereocenters. The largest absolute Gasteiger partial charge is 0.493 e. The van der Waals surface area contributed by atoms with Crippen LogP contribution in [0.25, 0.3) is 0 Å². The first-order chi connectivity index (χ1) is 14.9. The highest BCUT2D eigenvalue weighted by Crippen LogP contribution is 2.30. The summed E-state index contributed by atoms with van der Waals surface area (Å²) in [6.45, 7) is 0.514. The molecule has 0 radical (unpaired) electrons. The van der Waals surface area contributed by atoms with Gasteiger partial charge in [0, 0.05) is 28.2 Å². The van der Waals surface area contributed by atoms with Gasteiger partial charge >= 0.3 is 5.97 Å². The fourth-order valence-corrected chi connectivity index (χ4v) is 3.95. The molecular formula is C22H18Cl2N2O4S. The lowest BCUT2D eigenvalue weighted by atomic mass is 10.1.